The maximum absolute atomic E-state index is 14.2. The van der Waals surface area contributed by atoms with E-state index >= 15 is 0 Å². The van der Waals surface area contributed by atoms with Crippen molar-refractivity contribution in [1.82, 2.24) is 4.90 Å². The maximum Gasteiger partial charge on any atom is 0.318 e. The number of rotatable bonds is 12. The van der Waals surface area contributed by atoms with E-state index in [0.717, 1.165) is 23.5 Å². The summed E-state index contributed by atoms with van der Waals surface area (Å²) in [5.41, 5.74) is 2.60. The zero-order valence-corrected chi connectivity index (χ0v) is 28.9. The third kappa shape index (κ3) is 7.01. The van der Waals surface area contributed by atoms with E-state index in [1.807, 2.05) is 6.07 Å². The molecule has 0 unspecified atom stereocenters. The highest BCUT2D eigenvalue weighted by atomic mass is 16.6. The van der Waals surface area contributed by atoms with Crippen molar-refractivity contribution in [2.24, 2.45) is 10.8 Å². The summed E-state index contributed by atoms with van der Waals surface area (Å²) in [5, 5.41) is 23.3. The fraction of sp³-hybridized carbons (Fsp3) is 0.459. The third-order valence-electron chi connectivity index (χ3n) is 9.25. The first kappa shape index (κ1) is 35.5. The molecule has 0 atom stereocenters. The minimum absolute atomic E-state index is 0.0205. The van der Waals surface area contributed by atoms with E-state index in [-0.39, 0.29) is 52.7 Å². The molecule has 260 valence electrons. The number of nitro benzene ring substituents is 2. The summed E-state index contributed by atoms with van der Waals surface area (Å²) in [6.45, 7) is 15.1. The smallest absolute Gasteiger partial charge is 0.318 e. The molecule has 2 aliphatic carbocycles. The van der Waals surface area contributed by atoms with Crippen LogP contribution in [0.25, 0.3) is 0 Å². The van der Waals surface area contributed by atoms with Crippen molar-refractivity contribution < 1.29 is 33.6 Å². The molecule has 12 heteroatoms. The van der Waals surface area contributed by atoms with Crippen LogP contribution in [0, 0.1) is 31.1 Å². The molecular formula is C37H43N3O9. The molecule has 12 nitrogen and oxygen atoms in total. The van der Waals surface area contributed by atoms with Gasteiger partial charge in [0.2, 0.25) is 5.75 Å². The van der Waals surface area contributed by atoms with Crippen LogP contribution in [0.4, 0.5) is 11.4 Å². The summed E-state index contributed by atoms with van der Waals surface area (Å²) in [6, 6.07) is 6.76. The summed E-state index contributed by atoms with van der Waals surface area (Å²) >= 11 is 0. The molecule has 1 heterocycles. The summed E-state index contributed by atoms with van der Waals surface area (Å²) in [4.78, 5) is 52.5. The molecule has 0 bridgehead atoms. The molecule has 1 aliphatic heterocycles. The second kappa shape index (κ2) is 13.6. The molecule has 0 spiro atoms. The summed E-state index contributed by atoms with van der Waals surface area (Å²) in [5.74, 6) is -0.480. The third-order valence-corrected chi connectivity index (χ3v) is 9.25. The zero-order chi connectivity index (χ0) is 35.8. The van der Waals surface area contributed by atoms with Gasteiger partial charge in [-0.05, 0) is 54.7 Å². The topological polar surface area (TPSA) is 151 Å². The normalized spacial score (nSPS) is 18.6. The molecule has 2 aromatic carbocycles. The fourth-order valence-electron chi connectivity index (χ4n) is 7.33. The number of hydrogen-bond acceptors (Lipinski definition) is 10. The van der Waals surface area contributed by atoms with E-state index in [4.69, 9.17) is 14.2 Å². The highest BCUT2D eigenvalue weighted by Gasteiger charge is 2.49. The van der Waals surface area contributed by atoms with E-state index in [1.165, 1.54) is 6.07 Å². The van der Waals surface area contributed by atoms with E-state index in [2.05, 4.69) is 39.2 Å². The van der Waals surface area contributed by atoms with Gasteiger partial charge in [0, 0.05) is 66.6 Å². The Labute approximate surface area is 285 Å². The molecule has 0 saturated heterocycles. The van der Waals surface area contributed by atoms with E-state index in [1.54, 1.807) is 26.2 Å². The number of carbonyl (C=O) groups excluding carboxylic acids is 2. The van der Waals surface area contributed by atoms with Crippen molar-refractivity contribution >= 4 is 22.9 Å². The van der Waals surface area contributed by atoms with Gasteiger partial charge in [-0.1, -0.05) is 39.8 Å². The van der Waals surface area contributed by atoms with Crippen molar-refractivity contribution in [2.45, 2.75) is 72.6 Å². The Morgan fingerprint density at radius 3 is 2.04 bits per heavy atom. The van der Waals surface area contributed by atoms with Gasteiger partial charge < -0.3 is 19.1 Å². The van der Waals surface area contributed by atoms with E-state index in [0.29, 0.717) is 61.1 Å². The van der Waals surface area contributed by atoms with Gasteiger partial charge in [0.25, 0.3) is 5.69 Å². The van der Waals surface area contributed by atoms with Gasteiger partial charge in [0.05, 0.1) is 29.1 Å². The van der Waals surface area contributed by atoms with Gasteiger partial charge in [-0.25, -0.2) is 0 Å². The van der Waals surface area contributed by atoms with Gasteiger partial charge >= 0.3 is 5.69 Å². The summed E-state index contributed by atoms with van der Waals surface area (Å²) in [7, 11) is 1.63. The number of nitrogens with zero attached hydrogens (tertiary/aromatic N) is 3. The van der Waals surface area contributed by atoms with Crippen molar-refractivity contribution in [3.8, 4) is 17.2 Å². The number of carbonyl (C=O) groups is 2. The van der Waals surface area contributed by atoms with Crippen LogP contribution in [-0.4, -0.2) is 53.2 Å². The average Bonchev–Trinajstić information content (AvgIpc) is 3.00. The Morgan fingerprint density at radius 1 is 0.918 bits per heavy atom. The van der Waals surface area contributed by atoms with Crippen LogP contribution in [0.1, 0.15) is 77.3 Å². The minimum atomic E-state index is -0.740. The Hall–Kier alpha value is -4.84. The van der Waals surface area contributed by atoms with Crippen LogP contribution in [-0.2, 0) is 20.7 Å². The number of hydrogen-bond donors (Lipinski definition) is 0. The first-order chi connectivity index (χ1) is 23.1. The molecular weight excluding hydrogens is 630 g/mol. The monoisotopic (exact) mass is 673 g/mol. The van der Waals surface area contributed by atoms with Gasteiger partial charge in [0.15, 0.2) is 23.1 Å². The Balaban J connectivity index is 1.76. The number of ether oxygens (including phenoxy) is 3. The van der Waals surface area contributed by atoms with Gasteiger partial charge in [-0.15, -0.1) is 6.58 Å². The van der Waals surface area contributed by atoms with Crippen molar-refractivity contribution in [3.63, 3.8) is 0 Å². The maximum atomic E-state index is 14.2. The predicted octanol–water partition coefficient (Wildman–Crippen LogP) is 7.75. The highest BCUT2D eigenvalue weighted by Crippen LogP contribution is 2.55. The zero-order valence-electron chi connectivity index (χ0n) is 28.9. The number of allylic oxidation sites excluding steroid dienone is 5. The van der Waals surface area contributed by atoms with Crippen molar-refractivity contribution in [2.75, 3.05) is 26.9 Å². The first-order valence-electron chi connectivity index (χ1n) is 16.4. The lowest BCUT2D eigenvalue weighted by Gasteiger charge is -2.49. The molecule has 0 radical (unpaired) electrons. The summed E-state index contributed by atoms with van der Waals surface area (Å²) in [6.07, 6.45) is 3.84. The van der Waals surface area contributed by atoms with Crippen LogP contribution in [0.3, 0.4) is 0 Å². The van der Waals surface area contributed by atoms with Gasteiger partial charge in [0.1, 0.15) is 0 Å². The van der Waals surface area contributed by atoms with Crippen LogP contribution in [0.2, 0.25) is 0 Å². The highest BCUT2D eigenvalue weighted by molar-refractivity contribution is 6.07. The molecule has 0 saturated carbocycles. The molecule has 0 N–H and O–H groups in total. The standard InChI is InChI=1S/C37H43N3O9/c1-8-10-22-15-23(16-31(48-9-2)35(22)49-30-12-11-24(39(43)44)17-25(30)40(45)46)32-33-26(18-36(3,4)20-28(33)41)38(13-14-47-7)27-19-37(5,6)21-29(42)34(27)32/h8,11-12,15-17,32H,1,9-10,13-14,18-21H2,2-7H3. The van der Waals surface area contributed by atoms with E-state index < -0.39 is 27.1 Å². The fourth-order valence-corrected chi connectivity index (χ4v) is 7.33. The molecule has 0 fully saturated rings. The lowest BCUT2D eigenvalue weighted by molar-refractivity contribution is -0.394. The number of nitro groups is 2. The largest absolute Gasteiger partial charge is 0.490 e. The molecule has 0 aromatic heterocycles. The molecule has 2 aromatic rings. The number of Topliss-reactive ketones (excluding diaryl/α,β-unsaturated/α-hetero) is 2. The first-order valence-corrected chi connectivity index (χ1v) is 16.4. The number of ketones is 2. The lowest BCUT2D eigenvalue weighted by atomic mass is 9.63. The Bertz CT molecular complexity index is 1750. The van der Waals surface area contributed by atoms with Gasteiger partial charge in [-0.3, -0.25) is 29.8 Å². The number of non-ortho nitro benzene ring substituents is 1. The molecule has 49 heavy (non-hydrogen) atoms. The van der Waals surface area contributed by atoms with Crippen LogP contribution in [0.15, 0.2) is 65.5 Å². The van der Waals surface area contributed by atoms with Crippen LogP contribution >= 0.6 is 0 Å². The Morgan fingerprint density at radius 2 is 1.53 bits per heavy atom. The second-order valence-corrected chi connectivity index (χ2v) is 14.4. The minimum Gasteiger partial charge on any atom is -0.490 e. The Kier molecular flexibility index (Phi) is 9.83. The van der Waals surface area contributed by atoms with E-state index in [9.17, 15) is 29.8 Å². The summed E-state index contributed by atoms with van der Waals surface area (Å²) < 4.78 is 17.7. The average molecular weight is 674 g/mol. The molecule has 5 rings (SSSR count). The van der Waals surface area contributed by atoms with Crippen molar-refractivity contribution in [3.05, 3.63) is 96.9 Å². The molecule has 3 aliphatic rings. The predicted molar refractivity (Wildman–Crippen MR) is 183 cm³/mol. The number of methoxy groups -OCH3 is 1. The lowest BCUT2D eigenvalue weighted by Crippen LogP contribution is -2.45. The van der Waals surface area contributed by atoms with Gasteiger partial charge in [-0.2, -0.15) is 0 Å². The quantitative estimate of drug-likeness (QED) is 0.124. The second-order valence-electron chi connectivity index (χ2n) is 14.4. The van der Waals surface area contributed by atoms with Crippen LogP contribution < -0.4 is 9.47 Å². The van der Waals surface area contributed by atoms with Crippen LogP contribution in [0.5, 0.6) is 17.2 Å². The SMILES string of the molecule is C=CCc1cc(C2C3=C(CC(C)(C)CC3=O)N(CCOC)C3=C2C(=O)CC(C)(C)C3)cc(OCC)c1Oc1ccc([N+](=O)[O-])cc1[N+](=O)[O-]. The van der Waals surface area contributed by atoms with Crippen molar-refractivity contribution in [1.29, 1.82) is 0 Å². The molecule has 0 amide bonds. The number of benzene rings is 2.